The van der Waals surface area contributed by atoms with Crippen molar-refractivity contribution in [2.24, 2.45) is 0 Å². The fraction of sp³-hybridized carbons (Fsp3) is 0.259. The molecule has 0 saturated heterocycles. The molecule has 0 radical (unpaired) electrons. The summed E-state index contributed by atoms with van der Waals surface area (Å²) in [4.78, 5) is 40.8. The van der Waals surface area contributed by atoms with Crippen molar-refractivity contribution in [3.63, 3.8) is 0 Å². The van der Waals surface area contributed by atoms with Gasteiger partial charge in [0.15, 0.2) is 0 Å². The van der Waals surface area contributed by atoms with Crippen LogP contribution >= 0.6 is 23.1 Å². The predicted octanol–water partition coefficient (Wildman–Crippen LogP) is 5.20. The zero-order valence-electron chi connectivity index (χ0n) is 20.3. The van der Waals surface area contributed by atoms with Crippen molar-refractivity contribution < 1.29 is 14.4 Å². The highest BCUT2D eigenvalue weighted by Crippen LogP contribution is 2.37. The van der Waals surface area contributed by atoms with E-state index in [0.29, 0.717) is 41.3 Å². The van der Waals surface area contributed by atoms with E-state index < -0.39 is 5.25 Å². The highest BCUT2D eigenvalue weighted by Gasteiger charge is 2.27. The normalized spacial score (nSPS) is 13.3. The van der Waals surface area contributed by atoms with Gasteiger partial charge in [-0.25, -0.2) is 0 Å². The van der Waals surface area contributed by atoms with Gasteiger partial charge in [-0.2, -0.15) is 5.26 Å². The molecule has 4 rings (SSSR count). The molecule has 9 heteroatoms. The number of carbonyl (C=O) groups excluding carboxylic acids is 3. The Morgan fingerprint density at radius 2 is 1.92 bits per heavy atom. The number of fused-ring (bicyclic) bond motifs is 1. The third kappa shape index (κ3) is 5.78. The number of hydrogen-bond donors (Lipinski definition) is 2. The van der Waals surface area contributed by atoms with Gasteiger partial charge in [0.05, 0.1) is 17.4 Å². The lowest BCUT2D eigenvalue weighted by molar-refractivity contribution is -0.129. The predicted molar refractivity (Wildman–Crippen MR) is 143 cm³/mol. The minimum absolute atomic E-state index is 0.000433. The standard InChI is InChI=1S/C27H26N4O3S2/c1-16-6-4-7-19(12-16)26(34)29-20-8-5-9-21(13-20)35-17(2)25(33)30-27-23(14-28)22-10-11-31(18(3)32)15-24(22)36-27/h4-9,12-13,17H,10-11,15H2,1-3H3,(H,29,34)(H,30,33). The van der Waals surface area contributed by atoms with Crippen LogP contribution in [-0.2, 0) is 22.6 Å². The summed E-state index contributed by atoms with van der Waals surface area (Å²) in [6.45, 7) is 6.31. The summed E-state index contributed by atoms with van der Waals surface area (Å²) in [5.41, 5.74) is 3.65. The van der Waals surface area contributed by atoms with Crippen LogP contribution in [-0.4, -0.2) is 34.4 Å². The maximum Gasteiger partial charge on any atom is 0.255 e. The lowest BCUT2D eigenvalue weighted by Crippen LogP contribution is -2.33. The van der Waals surface area contributed by atoms with E-state index in [-0.39, 0.29) is 17.7 Å². The fourth-order valence-corrected chi connectivity index (χ4v) is 6.13. The average molecular weight is 519 g/mol. The van der Waals surface area contributed by atoms with Crippen LogP contribution in [0.4, 0.5) is 10.7 Å². The molecule has 184 valence electrons. The van der Waals surface area contributed by atoms with Gasteiger partial charge >= 0.3 is 0 Å². The van der Waals surface area contributed by atoms with Crippen LogP contribution in [0.1, 0.15) is 45.8 Å². The minimum atomic E-state index is -0.438. The second kappa shape index (κ2) is 11.0. The number of nitrogens with zero attached hydrogens (tertiary/aromatic N) is 2. The summed E-state index contributed by atoms with van der Waals surface area (Å²) in [6, 6.07) is 17.0. The number of thiophene rings is 1. The van der Waals surface area contributed by atoms with Crippen molar-refractivity contribution in [2.75, 3.05) is 17.2 Å². The molecule has 0 fully saturated rings. The van der Waals surface area contributed by atoms with Gasteiger partial charge < -0.3 is 15.5 Å². The molecule has 0 bridgehead atoms. The summed E-state index contributed by atoms with van der Waals surface area (Å²) < 4.78 is 0. The van der Waals surface area contributed by atoms with Crippen LogP contribution in [0.25, 0.3) is 0 Å². The van der Waals surface area contributed by atoms with Crippen LogP contribution in [0.15, 0.2) is 53.4 Å². The Morgan fingerprint density at radius 3 is 2.64 bits per heavy atom. The number of anilines is 2. The van der Waals surface area contributed by atoms with Crippen molar-refractivity contribution >= 4 is 51.5 Å². The second-order valence-corrected chi connectivity index (χ2v) is 11.1. The Kier molecular flexibility index (Phi) is 7.77. The molecular weight excluding hydrogens is 492 g/mol. The van der Waals surface area contributed by atoms with Gasteiger partial charge in [0.1, 0.15) is 11.1 Å². The highest BCUT2D eigenvalue weighted by atomic mass is 32.2. The SMILES string of the molecule is CC(=O)N1CCc2c(sc(NC(=O)C(C)Sc3cccc(NC(=O)c4cccc(C)c4)c3)c2C#N)C1. The highest BCUT2D eigenvalue weighted by molar-refractivity contribution is 8.00. The molecule has 2 heterocycles. The summed E-state index contributed by atoms with van der Waals surface area (Å²) in [6.07, 6.45) is 0.607. The van der Waals surface area contributed by atoms with Gasteiger partial charge in [-0.3, -0.25) is 14.4 Å². The fourth-order valence-electron chi connectivity index (χ4n) is 3.99. The molecule has 3 amide bonds. The molecule has 1 aliphatic rings. The van der Waals surface area contributed by atoms with E-state index in [1.165, 1.54) is 30.0 Å². The van der Waals surface area contributed by atoms with E-state index in [0.717, 1.165) is 20.9 Å². The Morgan fingerprint density at radius 1 is 1.14 bits per heavy atom. The number of benzene rings is 2. The largest absolute Gasteiger partial charge is 0.337 e. The number of amides is 3. The first-order valence-corrected chi connectivity index (χ1v) is 13.2. The number of carbonyl (C=O) groups is 3. The molecule has 36 heavy (non-hydrogen) atoms. The van der Waals surface area contributed by atoms with Crippen molar-refractivity contribution in [1.29, 1.82) is 5.26 Å². The van der Waals surface area contributed by atoms with Crippen LogP contribution in [0.5, 0.6) is 0 Å². The Bertz CT molecular complexity index is 1380. The number of hydrogen-bond acceptors (Lipinski definition) is 6. The van der Waals surface area contributed by atoms with Gasteiger partial charge in [-0.05, 0) is 56.2 Å². The maximum atomic E-state index is 13.0. The number of thioether (sulfide) groups is 1. The molecule has 1 unspecified atom stereocenters. The van der Waals surface area contributed by atoms with E-state index in [1.807, 2.05) is 49.4 Å². The van der Waals surface area contributed by atoms with Crippen molar-refractivity contribution in [3.05, 3.63) is 75.7 Å². The van der Waals surface area contributed by atoms with Crippen molar-refractivity contribution in [1.82, 2.24) is 4.90 Å². The molecule has 0 aliphatic carbocycles. The molecule has 2 N–H and O–H groups in total. The van der Waals surface area contributed by atoms with Gasteiger partial charge in [0, 0.05) is 34.5 Å². The summed E-state index contributed by atoms with van der Waals surface area (Å²) in [5.74, 6) is -0.408. The average Bonchev–Trinajstić information content (AvgIpc) is 3.20. The quantitative estimate of drug-likeness (QED) is 0.437. The lowest BCUT2D eigenvalue weighted by Gasteiger charge is -2.25. The molecule has 2 aromatic carbocycles. The zero-order chi connectivity index (χ0) is 25.8. The van der Waals surface area contributed by atoms with Crippen LogP contribution in [0.2, 0.25) is 0 Å². The Labute approximate surface area is 218 Å². The van der Waals surface area contributed by atoms with E-state index in [2.05, 4.69) is 16.7 Å². The molecule has 1 atom stereocenters. The van der Waals surface area contributed by atoms with Crippen LogP contribution in [0.3, 0.4) is 0 Å². The van der Waals surface area contributed by atoms with E-state index in [9.17, 15) is 19.6 Å². The van der Waals surface area contributed by atoms with E-state index in [1.54, 1.807) is 17.9 Å². The first-order chi connectivity index (χ1) is 17.2. The third-order valence-electron chi connectivity index (χ3n) is 5.90. The molecule has 0 saturated carbocycles. The number of nitrogens with one attached hydrogen (secondary N) is 2. The first kappa shape index (κ1) is 25.5. The zero-order valence-corrected chi connectivity index (χ0v) is 21.9. The molecular formula is C27H26N4O3S2. The van der Waals surface area contributed by atoms with E-state index in [4.69, 9.17) is 0 Å². The first-order valence-electron chi connectivity index (χ1n) is 11.5. The molecule has 7 nitrogen and oxygen atoms in total. The van der Waals surface area contributed by atoms with Crippen LogP contribution in [0, 0.1) is 18.3 Å². The Hall–Kier alpha value is -3.61. The summed E-state index contributed by atoms with van der Waals surface area (Å²) in [5, 5.41) is 15.6. The number of rotatable bonds is 6. The lowest BCUT2D eigenvalue weighted by atomic mass is 10.0. The number of aryl methyl sites for hydroxylation is 1. The summed E-state index contributed by atoms with van der Waals surface area (Å²) in [7, 11) is 0. The van der Waals surface area contributed by atoms with E-state index >= 15 is 0 Å². The molecule has 1 aliphatic heterocycles. The van der Waals surface area contributed by atoms with Gasteiger partial charge in [0.25, 0.3) is 5.91 Å². The monoisotopic (exact) mass is 518 g/mol. The smallest absolute Gasteiger partial charge is 0.255 e. The minimum Gasteiger partial charge on any atom is -0.337 e. The maximum absolute atomic E-state index is 13.0. The third-order valence-corrected chi connectivity index (χ3v) is 8.13. The van der Waals surface area contributed by atoms with Gasteiger partial charge in [0.2, 0.25) is 11.8 Å². The van der Waals surface area contributed by atoms with Crippen molar-refractivity contribution in [2.45, 2.75) is 43.9 Å². The Balaban J connectivity index is 1.41. The van der Waals surface area contributed by atoms with Crippen LogP contribution < -0.4 is 10.6 Å². The van der Waals surface area contributed by atoms with Gasteiger partial charge in [-0.1, -0.05) is 23.8 Å². The summed E-state index contributed by atoms with van der Waals surface area (Å²) >= 11 is 2.73. The molecule has 0 spiro atoms. The molecule has 3 aromatic rings. The molecule has 1 aromatic heterocycles. The topological polar surface area (TPSA) is 102 Å². The van der Waals surface area contributed by atoms with Gasteiger partial charge in [-0.15, -0.1) is 23.1 Å². The second-order valence-electron chi connectivity index (χ2n) is 8.61. The van der Waals surface area contributed by atoms with Crippen molar-refractivity contribution in [3.8, 4) is 6.07 Å². The number of nitriles is 1.